The van der Waals surface area contributed by atoms with E-state index in [1.807, 2.05) is 19.4 Å². The molecule has 3 aromatic heterocycles. The van der Waals surface area contributed by atoms with Crippen molar-refractivity contribution in [2.45, 2.75) is 13.5 Å². The Balaban J connectivity index is 1.73. The van der Waals surface area contributed by atoms with Gasteiger partial charge in [0.2, 0.25) is 5.95 Å². The topological polar surface area (TPSA) is 55.6 Å². The second-order valence-corrected chi connectivity index (χ2v) is 7.58. The first-order valence-electron chi connectivity index (χ1n) is 6.61. The molecule has 5 nitrogen and oxygen atoms in total. The minimum Gasteiger partial charge on any atom is -0.352 e. The molecule has 114 valence electrons. The first-order chi connectivity index (χ1) is 10.6. The number of thiophene rings is 1. The zero-order valence-corrected chi connectivity index (χ0v) is 16.3. The van der Waals surface area contributed by atoms with E-state index in [1.165, 1.54) is 3.57 Å². The largest absolute Gasteiger partial charge is 0.352 e. The van der Waals surface area contributed by atoms with E-state index in [4.69, 9.17) is 0 Å². The van der Waals surface area contributed by atoms with Crippen molar-refractivity contribution in [3.63, 3.8) is 0 Å². The highest BCUT2D eigenvalue weighted by Gasteiger charge is 2.12. The van der Waals surface area contributed by atoms with Crippen molar-refractivity contribution in [3.8, 4) is 10.6 Å². The van der Waals surface area contributed by atoms with Gasteiger partial charge in [-0.1, -0.05) is 0 Å². The molecule has 0 aliphatic carbocycles. The second kappa shape index (κ2) is 7.05. The number of aromatic nitrogens is 4. The maximum atomic E-state index is 4.63. The van der Waals surface area contributed by atoms with Crippen LogP contribution >= 0.6 is 49.9 Å². The van der Waals surface area contributed by atoms with Crippen molar-refractivity contribution in [3.05, 3.63) is 43.9 Å². The standard InChI is InChI=1S/C14H13BrIN5S/c1-9-6-17-8-21(9)4-3-18-14-19-7-10(15)12(20-14)13-11(16)2-5-22-13/h2,5-8H,3-4H2,1H3,(H,18,19,20). The van der Waals surface area contributed by atoms with Gasteiger partial charge in [-0.3, -0.25) is 0 Å². The second-order valence-electron chi connectivity index (χ2n) is 4.64. The van der Waals surface area contributed by atoms with Gasteiger partial charge in [-0.15, -0.1) is 11.3 Å². The summed E-state index contributed by atoms with van der Waals surface area (Å²) in [6.45, 7) is 3.62. The van der Waals surface area contributed by atoms with Crippen molar-refractivity contribution in [1.29, 1.82) is 0 Å². The molecule has 0 aromatic carbocycles. The van der Waals surface area contributed by atoms with E-state index >= 15 is 0 Å². The molecule has 0 saturated carbocycles. The van der Waals surface area contributed by atoms with Crippen LogP contribution in [-0.4, -0.2) is 26.1 Å². The van der Waals surface area contributed by atoms with E-state index in [9.17, 15) is 0 Å². The van der Waals surface area contributed by atoms with E-state index in [0.717, 1.165) is 33.8 Å². The lowest BCUT2D eigenvalue weighted by Crippen LogP contribution is -2.12. The van der Waals surface area contributed by atoms with Crippen LogP contribution in [0.25, 0.3) is 10.6 Å². The number of nitrogens with zero attached hydrogens (tertiary/aromatic N) is 4. The normalized spacial score (nSPS) is 10.9. The summed E-state index contributed by atoms with van der Waals surface area (Å²) >= 11 is 7.54. The predicted molar refractivity (Wildman–Crippen MR) is 101 cm³/mol. The Hall–Kier alpha value is -1.000. The molecule has 3 aromatic rings. The SMILES string of the molecule is Cc1cncn1CCNc1ncc(Br)c(-c2sccc2I)n1. The summed E-state index contributed by atoms with van der Waals surface area (Å²) in [7, 11) is 0. The van der Waals surface area contributed by atoms with Crippen LogP contribution in [-0.2, 0) is 6.54 Å². The first kappa shape index (κ1) is 15.9. The molecular weight excluding hydrogens is 477 g/mol. The number of aryl methyl sites for hydroxylation is 1. The average molecular weight is 490 g/mol. The Kier molecular flexibility index (Phi) is 5.09. The number of hydrogen-bond donors (Lipinski definition) is 1. The lowest BCUT2D eigenvalue weighted by atomic mass is 10.3. The van der Waals surface area contributed by atoms with Crippen molar-refractivity contribution >= 4 is 55.8 Å². The van der Waals surface area contributed by atoms with Crippen molar-refractivity contribution in [2.24, 2.45) is 0 Å². The van der Waals surface area contributed by atoms with Gasteiger partial charge in [0.1, 0.15) is 5.69 Å². The molecule has 0 saturated heterocycles. The summed E-state index contributed by atoms with van der Waals surface area (Å²) in [5, 5.41) is 5.34. The molecule has 0 spiro atoms. The summed E-state index contributed by atoms with van der Waals surface area (Å²) in [5.74, 6) is 0.639. The van der Waals surface area contributed by atoms with Gasteiger partial charge in [0.05, 0.1) is 15.7 Å². The highest BCUT2D eigenvalue weighted by molar-refractivity contribution is 14.1. The minimum absolute atomic E-state index is 0.639. The van der Waals surface area contributed by atoms with Crippen LogP contribution in [0.5, 0.6) is 0 Å². The summed E-state index contributed by atoms with van der Waals surface area (Å²) in [6, 6.07) is 2.09. The van der Waals surface area contributed by atoms with Crippen molar-refractivity contribution in [2.75, 3.05) is 11.9 Å². The fraction of sp³-hybridized carbons (Fsp3) is 0.214. The van der Waals surface area contributed by atoms with Gasteiger partial charge in [0.15, 0.2) is 0 Å². The summed E-state index contributed by atoms with van der Waals surface area (Å²) in [4.78, 5) is 14.2. The smallest absolute Gasteiger partial charge is 0.223 e. The van der Waals surface area contributed by atoms with Crippen LogP contribution < -0.4 is 5.32 Å². The zero-order valence-electron chi connectivity index (χ0n) is 11.8. The average Bonchev–Trinajstić information content (AvgIpc) is 3.10. The third kappa shape index (κ3) is 3.49. The van der Waals surface area contributed by atoms with Gasteiger partial charge in [0, 0.05) is 34.7 Å². The molecule has 3 heterocycles. The third-order valence-electron chi connectivity index (χ3n) is 3.13. The third-order valence-corrected chi connectivity index (χ3v) is 5.90. The Labute approximate surface area is 154 Å². The molecule has 3 rings (SSSR count). The summed E-state index contributed by atoms with van der Waals surface area (Å²) in [5.41, 5.74) is 2.07. The van der Waals surface area contributed by atoms with Crippen LogP contribution in [0.1, 0.15) is 5.69 Å². The van der Waals surface area contributed by atoms with Gasteiger partial charge >= 0.3 is 0 Å². The van der Waals surface area contributed by atoms with Crippen molar-refractivity contribution < 1.29 is 0 Å². The highest BCUT2D eigenvalue weighted by Crippen LogP contribution is 2.34. The Morgan fingerprint density at radius 2 is 2.27 bits per heavy atom. The molecule has 0 fully saturated rings. The fourth-order valence-corrected chi connectivity index (χ4v) is 4.35. The van der Waals surface area contributed by atoms with E-state index < -0.39 is 0 Å². The number of anilines is 1. The molecule has 0 amide bonds. The maximum Gasteiger partial charge on any atom is 0.223 e. The summed E-state index contributed by atoms with van der Waals surface area (Å²) < 4.78 is 4.19. The van der Waals surface area contributed by atoms with E-state index in [1.54, 1.807) is 17.5 Å². The fourth-order valence-electron chi connectivity index (χ4n) is 1.98. The Bertz CT molecular complexity index is 785. The number of nitrogens with one attached hydrogen (secondary N) is 1. The lowest BCUT2D eigenvalue weighted by molar-refractivity contribution is 0.703. The molecule has 0 radical (unpaired) electrons. The lowest BCUT2D eigenvalue weighted by Gasteiger charge is -2.09. The molecule has 0 aliphatic heterocycles. The molecular formula is C14H13BrIN5S. The maximum absolute atomic E-state index is 4.63. The zero-order chi connectivity index (χ0) is 15.5. The van der Waals surface area contributed by atoms with Gasteiger partial charge in [-0.25, -0.2) is 15.0 Å². The van der Waals surface area contributed by atoms with E-state index in [0.29, 0.717) is 5.95 Å². The number of hydrogen-bond acceptors (Lipinski definition) is 5. The molecule has 1 N–H and O–H groups in total. The number of imidazole rings is 1. The molecule has 0 aliphatic rings. The van der Waals surface area contributed by atoms with E-state index in [2.05, 4.69) is 74.8 Å². The Morgan fingerprint density at radius 1 is 1.41 bits per heavy atom. The number of rotatable bonds is 5. The monoisotopic (exact) mass is 489 g/mol. The van der Waals surface area contributed by atoms with Gasteiger partial charge in [-0.2, -0.15) is 0 Å². The Morgan fingerprint density at radius 3 is 2.95 bits per heavy atom. The first-order valence-corrected chi connectivity index (χ1v) is 9.37. The van der Waals surface area contributed by atoms with Crippen molar-refractivity contribution in [1.82, 2.24) is 19.5 Å². The molecule has 0 atom stereocenters. The van der Waals surface area contributed by atoms with Crippen LogP contribution in [0, 0.1) is 10.5 Å². The van der Waals surface area contributed by atoms with Gasteiger partial charge in [-0.05, 0) is 56.9 Å². The van der Waals surface area contributed by atoms with Crippen LogP contribution in [0.2, 0.25) is 0 Å². The van der Waals surface area contributed by atoms with Gasteiger partial charge in [0.25, 0.3) is 0 Å². The minimum atomic E-state index is 0.639. The highest BCUT2D eigenvalue weighted by atomic mass is 127. The number of halogens is 2. The van der Waals surface area contributed by atoms with E-state index in [-0.39, 0.29) is 0 Å². The van der Waals surface area contributed by atoms with Crippen LogP contribution in [0.4, 0.5) is 5.95 Å². The van der Waals surface area contributed by atoms with Crippen LogP contribution in [0.3, 0.4) is 0 Å². The molecule has 0 bridgehead atoms. The molecule has 22 heavy (non-hydrogen) atoms. The molecule has 0 unspecified atom stereocenters. The quantitative estimate of drug-likeness (QED) is 0.546. The molecule has 8 heteroatoms. The van der Waals surface area contributed by atoms with Crippen LogP contribution in [0.15, 0.2) is 34.6 Å². The van der Waals surface area contributed by atoms with Gasteiger partial charge < -0.3 is 9.88 Å². The predicted octanol–water partition coefficient (Wildman–Crippen LogP) is 4.19. The summed E-state index contributed by atoms with van der Waals surface area (Å²) in [6.07, 6.45) is 5.48.